The van der Waals surface area contributed by atoms with Crippen molar-refractivity contribution in [1.29, 1.82) is 0 Å². The number of hydrogen-bond donors (Lipinski definition) is 5. The van der Waals surface area contributed by atoms with Crippen LogP contribution in [-0.2, 0) is 4.74 Å². The normalized spacial score (nSPS) is 31.8. The van der Waals surface area contributed by atoms with Crippen LogP contribution in [0.4, 0.5) is 11.4 Å². The van der Waals surface area contributed by atoms with Crippen molar-refractivity contribution in [3.05, 3.63) is 33.9 Å². The quantitative estimate of drug-likeness (QED) is 0.355. The SMILES string of the molecule is Cc1cc([N+](=O)[O-])ccc1N[C@@H]1O[C@@H](CO)[C@@H](O)[C@@H](O)[C@@H]1O. The molecule has 22 heavy (non-hydrogen) atoms. The van der Waals surface area contributed by atoms with Gasteiger partial charge in [-0.3, -0.25) is 10.1 Å². The molecule has 5 atom stereocenters. The summed E-state index contributed by atoms with van der Waals surface area (Å²) in [5.74, 6) is 0. The van der Waals surface area contributed by atoms with Gasteiger partial charge in [0, 0.05) is 17.8 Å². The number of aliphatic hydroxyl groups excluding tert-OH is 4. The van der Waals surface area contributed by atoms with Gasteiger partial charge in [0.15, 0.2) is 6.23 Å². The maximum absolute atomic E-state index is 10.7. The fraction of sp³-hybridized carbons (Fsp3) is 0.538. The van der Waals surface area contributed by atoms with Crippen molar-refractivity contribution in [2.45, 2.75) is 37.6 Å². The van der Waals surface area contributed by atoms with Crippen LogP contribution in [-0.4, -0.2) is 62.6 Å². The molecule has 0 radical (unpaired) electrons. The van der Waals surface area contributed by atoms with Gasteiger partial charge in [-0.15, -0.1) is 0 Å². The van der Waals surface area contributed by atoms with Gasteiger partial charge in [0.05, 0.1) is 11.5 Å². The standard InChI is InChI=1S/C13H18N2O7/c1-6-4-7(15(20)21)2-3-8(6)14-13-12(19)11(18)10(17)9(5-16)22-13/h2-4,9-14,16-19H,5H2,1H3/t9-,10+,11+,12-,13+/m0/s1. The number of benzene rings is 1. The lowest BCUT2D eigenvalue weighted by Crippen LogP contribution is -2.60. The Morgan fingerprint density at radius 1 is 1.27 bits per heavy atom. The topological polar surface area (TPSA) is 145 Å². The first-order valence-electron chi connectivity index (χ1n) is 6.67. The van der Waals surface area contributed by atoms with Gasteiger partial charge in [0.2, 0.25) is 0 Å². The van der Waals surface area contributed by atoms with E-state index < -0.39 is 42.2 Å². The van der Waals surface area contributed by atoms with E-state index >= 15 is 0 Å². The number of hydrogen-bond acceptors (Lipinski definition) is 8. The van der Waals surface area contributed by atoms with E-state index in [1.807, 2.05) is 0 Å². The molecule has 1 aromatic rings. The summed E-state index contributed by atoms with van der Waals surface area (Å²) >= 11 is 0. The van der Waals surface area contributed by atoms with Gasteiger partial charge in [0.1, 0.15) is 24.4 Å². The highest BCUT2D eigenvalue weighted by atomic mass is 16.6. The van der Waals surface area contributed by atoms with Crippen molar-refractivity contribution in [3.8, 4) is 0 Å². The number of ether oxygens (including phenoxy) is 1. The Labute approximate surface area is 125 Å². The van der Waals surface area contributed by atoms with E-state index in [9.17, 15) is 25.4 Å². The van der Waals surface area contributed by atoms with Gasteiger partial charge < -0.3 is 30.5 Å². The maximum atomic E-state index is 10.7. The van der Waals surface area contributed by atoms with E-state index in [4.69, 9.17) is 9.84 Å². The number of nitrogens with zero attached hydrogens (tertiary/aromatic N) is 1. The summed E-state index contributed by atoms with van der Waals surface area (Å²) < 4.78 is 5.31. The van der Waals surface area contributed by atoms with Crippen LogP contribution in [0.3, 0.4) is 0 Å². The number of non-ortho nitro benzene ring substituents is 1. The molecule has 0 amide bonds. The van der Waals surface area contributed by atoms with E-state index in [0.717, 1.165) is 0 Å². The second-order valence-corrected chi connectivity index (χ2v) is 5.15. The second kappa shape index (κ2) is 6.55. The number of aryl methyl sites for hydroxylation is 1. The molecule has 1 aliphatic heterocycles. The Balaban J connectivity index is 2.17. The highest BCUT2D eigenvalue weighted by Crippen LogP contribution is 2.26. The molecule has 0 spiro atoms. The minimum atomic E-state index is -1.48. The predicted octanol–water partition coefficient (Wildman–Crippen LogP) is -0.885. The molecular weight excluding hydrogens is 296 g/mol. The van der Waals surface area contributed by atoms with Gasteiger partial charge in [-0.1, -0.05) is 0 Å². The average Bonchev–Trinajstić information content (AvgIpc) is 2.49. The number of nitro benzene ring substituents is 1. The van der Waals surface area contributed by atoms with Gasteiger partial charge >= 0.3 is 0 Å². The summed E-state index contributed by atoms with van der Waals surface area (Å²) in [7, 11) is 0. The van der Waals surface area contributed by atoms with Crippen LogP contribution in [0.2, 0.25) is 0 Å². The largest absolute Gasteiger partial charge is 0.394 e. The minimum Gasteiger partial charge on any atom is -0.394 e. The monoisotopic (exact) mass is 314 g/mol. The molecule has 0 unspecified atom stereocenters. The molecule has 1 aliphatic rings. The van der Waals surface area contributed by atoms with Gasteiger partial charge in [-0.25, -0.2) is 0 Å². The summed E-state index contributed by atoms with van der Waals surface area (Å²) in [5, 5.41) is 52.0. The second-order valence-electron chi connectivity index (χ2n) is 5.15. The van der Waals surface area contributed by atoms with Gasteiger partial charge in [-0.05, 0) is 18.6 Å². The number of nitrogens with one attached hydrogen (secondary N) is 1. The summed E-state index contributed by atoms with van der Waals surface area (Å²) in [6, 6.07) is 4.10. The first-order chi connectivity index (χ1) is 10.3. The predicted molar refractivity (Wildman–Crippen MR) is 75.2 cm³/mol. The lowest BCUT2D eigenvalue weighted by Gasteiger charge is -2.40. The number of rotatable bonds is 4. The third-order valence-electron chi connectivity index (χ3n) is 3.61. The van der Waals surface area contributed by atoms with Crippen LogP contribution < -0.4 is 5.32 Å². The molecule has 1 saturated heterocycles. The number of anilines is 1. The third kappa shape index (κ3) is 3.18. The Hall–Kier alpha value is -1.78. The van der Waals surface area contributed by atoms with Crippen molar-refractivity contribution >= 4 is 11.4 Å². The number of nitro groups is 1. The molecule has 5 N–H and O–H groups in total. The third-order valence-corrected chi connectivity index (χ3v) is 3.61. The zero-order valence-electron chi connectivity index (χ0n) is 11.8. The van der Waals surface area contributed by atoms with Crippen molar-refractivity contribution in [1.82, 2.24) is 0 Å². The van der Waals surface area contributed by atoms with E-state index in [1.54, 1.807) is 6.92 Å². The molecule has 0 saturated carbocycles. The first-order valence-corrected chi connectivity index (χ1v) is 6.67. The van der Waals surface area contributed by atoms with Crippen molar-refractivity contribution < 1.29 is 30.1 Å². The van der Waals surface area contributed by atoms with E-state index in [0.29, 0.717) is 11.3 Å². The van der Waals surface area contributed by atoms with Crippen molar-refractivity contribution in [3.63, 3.8) is 0 Å². The van der Waals surface area contributed by atoms with Crippen LogP contribution >= 0.6 is 0 Å². The van der Waals surface area contributed by atoms with Crippen LogP contribution in [0.1, 0.15) is 5.56 Å². The van der Waals surface area contributed by atoms with Crippen LogP contribution in [0.15, 0.2) is 18.2 Å². The average molecular weight is 314 g/mol. The van der Waals surface area contributed by atoms with E-state index in [-0.39, 0.29) is 5.69 Å². The molecule has 9 nitrogen and oxygen atoms in total. The van der Waals surface area contributed by atoms with Gasteiger partial charge in [0.25, 0.3) is 5.69 Å². The van der Waals surface area contributed by atoms with Crippen LogP contribution in [0.25, 0.3) is 0 Å². The Kier molecular flexibility index (Phi) is 4.94. The molecule has 1 aromatic carbocycles. The highest BCUT2D eigenvalue weighted by Gasteiger charge is 2.43. The molecule has 122 valence electrons. The van der Waals surface area contributed by atoms with Gasteiger partial charge in [-0.2, -0.15) is 0 Å². The molecule has 0 aliphatic carbocycles. The van der Waals surface area contributed by atoms with Crippen molar-refractivity contribution in [2.24, 2.45) is 0 Å². The molecular formula is C13H18N2O7. The highest BCUT2D eigenvalue weighted by molar-refractivity contribution is 5.55. The molecule has 1 heterocycles. The lowest BCUT2D eigenvalue weighted by molar-refractivity contribution is -0.384. The summed E-state index contributed by atoms with van der Waals surface area (Å²) in [5.41, 5.74) is 0.943. The van der Waals surface area contributed by atoms with Crippen LogP contribution in [0, 0.1) is 17.0 Å². The molecule has 0 bridgehead atoms. The summed E-state index contributed by atoms with van der Waals surface area (Å²) in [6.07, 6.45) is -6.44. The fourth-order valence-electron chi connectivity index (χ4n) is 2.30. The van der Waals surface area contributed by atoms with E-state index in [2.05, 4.69) is 5.32 Å². The van der Waals surface area contributed by atoms with Crippen molar-refractivity contribution in [2.75, 3.05) is 11.9 Å². The molecule has 1 fully saturated rings. The van der Waals surface area contributed by atoms with E-state index in [1.165, 1.54) is 18.2 Å². The number of aliphatic hydroxyl groups is 4. The first kappa shape index (κ1) is 16.6. The summed E-state index contributed by atoms with van der Waals surface area (Å²) in [6.45, 7) is 1.11. The lowest BCUT2D eigenvalue weighted by atomic mass is 9.98. The minimum absolute atomic E-state index is 0.0724. The fourth-order valence-corrected chi connectivity index (χ4v) is 2.30. The van der Waals surface area contributed by atoms with Crippen LogP contribution in [0.5, 0.6) is 0 Å². The Morgan fingerprint density at radius 2 is 1.95 bits per heavy atom. The Bertz CT molecular complexity index is 551. The maximum Gasteiger partial charge on any atom is 0.269 e. The molecule has 2 rings (SSSR count). The zero-order chi connectivity index (χ0) is 16.4. The zero-order valence-corrected chi connectivity index (χ0v) is 11.8. The molecule has 0 aromatic heterocycles. The summed E-state index contributed by atoms with van der Waals surface area (Å²) in [4.78, 5) is 10.2. The Morgan fingerprint density at radius 3 is 2.50 bits per heavy atom. The molecule has 9 heteroatoms. The smallest absolute Gasteiger partial charge is 0.269 e.